The average molecular weight is 264 g/mol. The third-order valence-electron chi connectivity index (χ3n) is 4.35. The molecule has 0 bridgehead atoms. The Kier molecular flexibility index (Phi) is 3.39. The van der Waals surface area contributed by atoms with Crippen molar-refractivity contribution in [3.05, 3.63) is 22.4 Å². The summed E-state index contributed by atoms with van der Waals surface area (Å²) in [5, 5.41) is 3.95. The first kappa shape index (κ1) is 12.2. The molecule has 3 nitrogen and oxygen atoms in total. The Morgan fingerprint density at radius 2 is 2.06 bits per heavy atom. The van der Waals surface area contributed by atoms with Gasteiger partial charge in [-0.05, 0) is 50.7 Å². The van der Waals surface area contributed by atoms with Gasteiger partial charge in [0, 0.05) is 24.0 Å². The highest BCUT2D eigenvalue weighted by Crippen LogP contribution is 2.30. The molecule has 3 heterocycles. The lowest BCUT2D eigenvalue weighted by Crippen LogP contribution is -2.47. The number of carbonyl (C=O) groups excluding carboxylic acids is 1. The molecule has 4 heteroatoms. The minimum atomic E-state index is 0.235. The van der Waals surface area contributed by atoms with Crippen LogP contribution in [-0.4, -0.2) is 47.9 Å². The minimum Gasteiger partial charge on any atom is -0.334 e. The molecule has 2 atom stereocenters. The van der Waals surface area contributed by atoms with Gasteiger partial charge < -0.3 is 9.80 Å². The van der Waals surface area contributed by atoms with Crippen molar-refractivity contribution in [1.82, 2.24) is 9.80 Å². The van der Waals surface area contributed by atoms with Gasteiger partial charge >= 0.3 is 0 Å². The second-order valence-electron chi connectivity index (χ2n) is 5.41. The summed E-state index contributed by atoms with van der Waals surface area (Å²) < 4.78 is 0. The zero-order valence-electron chi connectivity index (χ0n) is 10.8. The molecule has 2 aliphatic rings. The number of hydrogen-bond acceptors (Lipinski definition) is 3. The normalized spacial score (nSPS) is 29.1. The fourth-order valence-corrected chi connectivity index (χ4v) is 4.05. The first-order valence-electron chi connectivity index (χ1n) is 6.81. The summed E-state index contributed by atoms with van der Waals surface area (Å²) in [4.78, 5) is 17.0. The standard InChI is InChI=1S/C14H20N2OS/c1-15-7-2-4-12(15)13-5-3-8-16(13)14(17)11-6-9-18-10-11/h6,9-10,12-13H,2-5,7-8H2,1H3/t12-,13+/m1/s1. The number of carbonyl (C=O) groups is 1. The van der Waals surface area contributed by atoms with Crippen molar-refractivity contribution in [2.45, 2.75) is 37.8 Å². The van der Waals surface area contributed by atoms with Crippen molar-refractivity contribution in [2.24, 2.45) is 0 Å². The lowest BCUT2D eigenvalue weighted by atomic mass is 10.0. The second-order valence-corrected chi connectivity index (χ2v) is 6.19. The molecule has 0 aromatic carbocycles. The number of hydrogen-bond donors (Lipinski definition) is 0. The zero-order chi connectivity index (χ0) is 12.5. The molecule has 0 radical (unpaired) electrons. The van der Waals surface area contributed by atoms with E-state index in [2.05, 4.69) is 16.8 Å². The minimum absolute atomic E-state index is 0.235. The Hall–Kier alpha value is -0.870. The molecule has 0 spiro atoms. The molecule has 98 valence electrons. The van der Waals surface area contributed by atoms with Crippen LogP contribution in [0.4, 0.5) is 0 Å². The lowest BCUT2D eigenvalue weighted by molar-refractivity contribution is 0.0665. The Morgan fingerprint density at radius 1 is 1.28 bits per heavy atom. The molecule has 2 saturated heterocycles. The second kappa shape index (κ2) is 5.02. The summed E-state index contributed by atoms with van der Waals surface area (Å²) in [5.74, 6) is 0.235. The summed E-state index contributed by atoms with van der Waals surface area (Å²) in [6, 6.07) is 2.96. The highest BCUT2D eigenvalue weighted by atomic mass is 32.1. The van der Waals surface area contributed by atoms with Gasteiger partial charge in [-0.3, -0.25) is 4.79 Å². The van der Waals surface area contributed by atoms with E-state index in [1.54, 1.807) is 11.3 Å². The first-order chi connectivity index (χ1) is 8.77. The highest BCUT2D eigenvalue weighted by Gasteiger charge is 2.38. The zero-order valence-corrected chi connectivity index (χ0v) is 11.7. The SMILES string of the molecule is CN1CCC[C@@H]1[C@@H]1CCCN1C(=O)c1ccsc1. The largest absolute Gasteiger partial charge is 0.334 e. The molecule has 18 heavy (non-hydrogen) atoms. The molecule has 0 unspecified atom stereocenters. The first-order valence-corrected chi connectivity index (χ1v) is 7.75. The Bertz CT molecular complexity index is 417. The van der Waals surface area contributed by atoms with Crippen molar-refractivity contribution in [1.29, 1.82) is 0 Å². The van der Waals surface area contributed by atoms with Crippen molar-refractivity contribution in [3.8, 4) is 0 Å². The van der Waals surface area contributed by atoms with Crippen molar-refractivity contribution >= 4 is 17.2 Å². The molecule has 2 aliphatic heterocycles. The Balaban J connectivity index is 1.77. The summed E-state index contributed by atoms with van der Waals surface area (Å²) in [5.41, 5.74) is 0.868. The number of likely N-dealkylation sites (N-methyl/N-ethyl adjacent to an activating group) is 1. The maximum Gasteiger partial charge on any atom is 0.255 e. The summed E-state index contributed by atoms with van der Waals surface area (Å²) >= 11 is 1.60. The molecule has 3 rings (SSSR count). The third-order valence-corrected chi connectivity index (χ3v) is 5.03. The van der Waals surface area contributed by atoms with E-state index in [9.17, 15) is 4.79 Å². The number of likely N-dealkylation sites (tertiary alicyclic amines) is 2. The van der Waals surface area contributed by atoms with Gasteiger partial charge in [-0.25, -0.2) is 0 Å². The van der Waals surface area contributed by atoms with Crippen LogP contribution in [0, 0.1) is 0 Å². The van der Waals surface area contributed by atoms with Gasteiger partial charge in [-0.1, -0.05) is 0 Å². The summed E-state index contributed by atoms with van der Waals surface area (Å²) in [6.07, 6.45) is 4.85. The van der Waals surface area contributed by atoms with Gasteiger partial charge in [-0.15, -0.1) is 0 Å². The van der Waals surface area contributed by atoms with E-state index in [1.165, 1.54) is 25.8 Å². The molecule has 2 fully saturated rings. The van der Waals surface area contributed by atoms with E-state index in [0.717, 1.165) is 18.5 Å². The van der Waals surface area contributed by atoms with E-state index in [0.29, 0.717) is 12.1 Å². The van der Waals surface area contributed by atoms with E-state index in [4.69, 9.17) is 0 Å². The number of nitrogens with zero attached hydrogens (tertiary/aromatic N) is 2. The van der Waals surface area contributed by atoms with E-state index < -0.39 is 0 Å². The van der Waals surface area contributed by atoms with Gasteiger partial charge in [0.25, 0.3) is 5.91 Å². The lowest BCUT2D eigenvalue weighted by Gasteiger charge is -2.33. The van der Waals surface area contributed by atoms with Crippen LogP contribution in [0.25, 0.3) is 0 Å². The van der Waals surface area contributed by atoms with Gasteiger partial charge in [0.2, 0.25) is 0 Å². The molecule has 0 N–H and O–H groups in total. The molecule has 1 aromatic rings. The van der Waals surface area contributed by atoms with E-state index in [-0.39, 0.29) is 5.91 Å². The topological polar surface area (TPSA) is 23.6 Å². The molecule has 0 saturated carbocycles. The van der Waals surface area contributed by atoms with Crippen LogP contribution in [0.3, 0.4) is 0 Å². The molecular formula is C14H20N2OS. The van der Waals surface area contributed by atoms with Crippen molar-refractivity contribution in [2.75, 3.05) is 20.1 Å². The maximum atomic E-state index is 12.5. The number of thiophene rings is 1. The smallest absolute Gasteiger partial charge is 0.255 e. The van der Waals surface area contributed by atoms with Crippen LogP contribution in [0.1, 0.15) is 36.0 Å². The Labute approximate surface area is 112 Å². The van der Waals surface area contributed by atoms with E-state index in [1.807, 2.05) is 16.8 Å². The fraction of sp³-hybridized carbons (Fsp3) is 0.643. The van der Waals surface area contributed by atoms with Crippen LogP contribution >= 0.6 is 11.3 Å². The fourth-order valence-electron chi connectivity index (χ4n) is 3.42. The number of rotatable bonds is 2. The van der Waals surface area contributed by atoms with Crippen molar-refractivity contribution in [3.63, 3.8) is 0 Å². The summed E-state index contributed by atoms with van der Waals surface area (Å²) in [7, 11) is 2.20. The third kappa shape index (κ3) is 2.08. The van der Waals surface area contributed by atoms with Crippen LogP contribution in [0.2, 0.25) is 0 Å². The molecular weight excluding hydrogens is 244 g/mol. The predicted molar refractivity (Wildman–Crippen MR) is 74.0 cm³/mol. The van der Waals surface area contributed by atoms with E-state index >= 15 is 0 Å². The monoisotopic (exact) mass is 264 g/mol. The Morgan fingerprint density at radius 3 is 2.72 bits per heavy atom. The van der Waals surface area contributed by atoms with Crippen molar-refractivity contribution < 1.29 is 4.79 Å². The molecule has 1 amide bonds. The van der Waals surface area contributed by atoms with Gasteiger partial charge in [0.1, 0.15) is 0 Å². The summed E-state index contributed by atoms with van der Waals surface area (Å²) in [6.45, 7) is 2.12. The van der Waals surface area contributed by atoms with Crippen LogP contribution in [0.15, 0.2) is 16.8 Å². The van der Waals surface area contributed by atoms with Gasteiger partial charge in [-0.2, -0.15) is 11.3 Å². The maximum absolute atomic E-state index is 12.5. The number of amides is 1. The van der Waals surface area contributed by atoms with Gasteiger partial charge in [0.05, 0.1) is 5.56 Å². The van der Waals surface area contributed by atoms with Crippen LogP contribution < -0.4 is 0 Å². The van der Waals surface area contributed by atoms with Crippen LogP contribution in [0.5, 0.6) is 0 Å². The van der Waals surface area contributed by atoms with Gasteiger partial charge in [0.15, 0.2) is 0 Å². The highest BCUT2D eigenvalue weighted by molar-refractivity contribution is 7.08. The van der Waals surface area contributed by atoms with Crippen LogP contribution in [-0.2, 0) is 0 Å². The quantitative estimate of drug-likeness (QED) is 0.819. The molecule has 1 aromatic heterocycles. The predicted octanol–water partition coefficient (Wildman–Crippen LogP) is 2.45. The average Bonchev–Trinajstić information content (AvgIpc) is 3.09. The molecule has 0 aliphatic carbocycles.